The van der Waals surface area contributed by atoms with Gasteiger partial charge in [-0.05, 0) is 49.4 Å². The summed E-state index contributed by atoms with van der Waals surface area (Å²) in [6, 6.07) is 0. The van der Waals surface area contributed by atoms with Crippen molar-refractivity contribution < 1.29 is 4.79 Å². The van der Waals surface area contributed by atoms with E-state index in [1.165, 1.54) is 19.3 Å². The van der Waals surface area contributed by atoms with Crippen LogP contribution in [0.25, 0.3) is 0 Å². The first-order valence-corrected chi connectivity index (χ1v) is 7.83. The Morgan fingerprint density at radius 3 is 2.11 bits per heavy atom. The van der Waals surface area contributed by atoms with Crippen LogP contribution in [0.5, 0.6) is 0 Å². The molecular formula is C17H32O. The van der Waals surface area contributed by atoms with Gasteiger partial charge in [0, 0.05) is 12.3 Å². The molecule has 0 aromatic heterocycles. The zero-order chi connectivity index (χ0) is 13.8. The van der Waals surface area contributed by atoms with Crippen molar-refractivity contribution in [2.24, 2.45) is 23.2 Å². The van der Waals surface area contributed by atoms with Gasteiger partial charge in [0.1, 0.15) is 5.78 Å². The van der Waals surface area contributed by atoms with Crippen LogP contribution in [-0.2, 0) is 4.79 Å². The van der Waals surface area contributed by atoms with E-state index in [-0.39, 0.29) is 0 Å². The minimum absolute atomic E-state index is 0.385. The highest BCUT2D eigenvalue weighted by molar-refractivity contribution is 5.81. The van der Waals surface area contributed by atoms with Gasteiger partial charge in [-0.15, -0.1) is 0 Å². The number of carbonyl (C=O) groups excluding carboxylic acids is 1. The van der Waals surface area contributed by atoms with Gasteiger partial charge < -0.3 is 0 Å². The van der Waals surface area contributed by atoms with E-state index < -0.39 is 0 Å². The first kappa shape index (κ1) is 15.7. The van der Waals surface area contributed by atoms with Crippen LogP contribution in [-0.4, -0.2) is 5.78 Å². The van der Waals surface area contributed by atoms with Crippen LogP contribution in [0.4, 0.5) is 0 Å². The summed E-state index contributed by atoms with van der Waals surface area (Å²) in [4.78, 5) is 12.1. The van der Waals surface area contributed by atoms with Crippen molar-refractivity contribution in [1.29, 1.82) is 0 Å². The van der Waals surface area contributed by atoms with Crippen LogP contribution in [0.2, 0.25) is 0 Å². The molecule has 0 aliphatic heterocycles. The smallest absolute Gasteiger partial charge is 0.135 e. The molecular weight excluding hydrogens is 220 g/mol. The van der Waals surface area contributed by atoms with E-state index in [1.807, 2.05) is 0 Å². The normalized spacial score (nSPS) is 25.4. The molecule has 0 saturated heterocycles. The maximum atomic E-state index is 12.1. The SMILES string of the molecule is CC(C)CCCC(=O)C1CCC(C(C)(C)C)CC1. The Labute approximate surface area is 114 Å². The van der Waals surface area contributed by atoms with Crippen LogP contribution in [0.1, 0.15) is 79.6 Å². The molecule has 0 spiro atoms. The molecule has 0 atom stereocenters. The summed E-state index contributed by atoms with van der Waals surface area (Å²) in [6.45, 7) is 11.5. The van der Waals surface area contributed by atoms with Crippen LogP contribution >= 0.6 is 0 Å². The lowest BCUT2D eigenvalue weighted by Crippen LogP contribution is -2.28. The van der Waals surface area contributed by atoms with Crippen molar-refractivity contribution in [3.63, 3.8) is 0 Å². The van der Waals surface area contributed by atoms with Crippen molar-refractivity contribution in [2.45, 2.75) is 79.6 Å². The van der Waals surface area contributed by atoms with Crippen LogP contribution in [0.3, 0.4) is 0 Å². The standard InChI is InChI=1S/C17H32O/c1-13(2)7-6-8-16(18)14-9-11-15(12-10-14)17(3,4)5/h13-15H,6-12H2,1-5H3. The fraction of sp³-hybridized carbons (Fsp3) is 0.941. The fourth-order valence-electron chi connectivity index (χ4n) is 3.17. The Kier molecular flexibility index (Phi) is 5.88. The summed E-state index contributed by atoms with van der Waals surface area (Å²) < 4.78 is 0. The molecule has 1 aliphatic rings. The molecule has 18 heavy (non-hydrogen) atoms. The van der Waals surface area contributed by atoms with Gasteiger partial charge in [0.05, 0.1) is 0 Å². The average Bonchev–Trinajstić information content (AvgIpc) is 2.27. The number of hydrogen-bond acceptors (Lipinski definition) is 1. The number of carbonyl (C=O) groups is 1. The third-order valence-electron chi connectivity index (χ3n) is 4.61. The van der Waals surface area contributed by atoms with Crippen molar-refractivity contribution in [3.05, 3.63) is 0 Å². The van der Waals surface area contributed by atoms with E-state index in [1.54, 1.807) is 0 Å². The van der Waals surface area contributed by atoms with E-state index in [0.29, 0.717) is 17.1 Å². The highest BCUT2D eigenvalue weighted by atomic mass is 16.1. The van der Waals surface area contributed by atoms with E-state index in [2.05, 4.69) is 34.6 Å². The molecule has 0 amide bonds. The average molecular weight is 252 g/mol. The van der Waals surface area contributed by atoms with E-state index >= 15 is 0 Å². The molecule has 1 aliphatic carbocycles. The molecule has 1 nitrogen and oxygen atoms in total. The maximum Gasteiger partial charge on any atom is 0.135 e. The first-order chi connectivity index (χ1) is 8.30. The predicted molar refractivity (Wildman–Crippen MR) is 78.6 cm³/mol. The lowest BCUT2D eigenvalue weighted by Gasteiger charge is -2.36. The zero-order valence-corrected chi connectivity index (χ0v) is 13.1. The van der Waals surface area contributed by atoms with Crippen molar-refractivity contribution in [1.82, 2.24) is 0 Å². The largest absolute Gasteiger partial charge is 0.299 e. The highest BCUT2D eigenvalue weighted by Crippen LogP contribution is 2.40. The van der Waals surface area contributed by atoms with Gasteiger partial charge in [0.2, 0.25) is 0 Å². The van der Waals surface area contributed by atoms with E-state index in [9.17, 15) is 4.79 Å². The van der Waals surface area contributed by atoms with Gasteiger partial charge in [-0.3, -0.25) is 4.79 Å². The van der Waals surface area contributed by atoms with Crippen molar-refractivity contribution in [2.75, 3.05) is 0 Å². The van der Waals surface area contributed by atoms with Crippen molar-refractivity contribution >= 4 is 5.78 Å². The molecule has 0 aromatic carbocycles. The van der Waals surface area contributed by atoms with Crippen molar-refractivity contribution in [3.8, 4) is 0 Å². The second kappa shape index (κ2) is 6.73. The quantitative estimate of drug-likeness (QED) is 0.654. The molecule has 0 heterocycles. The van der Waals surface area contributed by atoms with Crippen LogP contribution < -0.4 is 0 Å². The van der Waals surface area contributed by atoms with Crippen LogP contribution in [0.15, 0.2) is 0 Å². The minimum Gasteiger partial charge on any atom is -0.299 e. The summed E-state index contributed by atoms with van der Waals surface area (Å²) in [6.07, 6.45) is 7.90. The molecule has 0 unspecified atom stereocenters. The number of ketones is 1. The van der Waals surface area contributed by atoms with Crippen LogP contribution in [0, 0.1) is 23.2 Å². The molecule has 0 aromatic rings. The summed E-state index contributed by atoms with van der Waals surface area (Å²) >= 11 is 0. The third-order valence-corrected chi connectivity index (χ3v) is 4.61. The van der Waals surface area contributed by atoms with Gasteiger partial charge in [-0.25, -0.2) is 0 Å². The molecule has 1 rings (SSSR count). The second-order valence-corrected chi connectivity index (χ2v) is 7.67. The molecule has 106 valence electrons. The summed E-state index contributed by atoms with van der Waals surface area (Å²) in [5.41, 5.74) is 0.422. The lowest BCUT2D eigenvalue weighted by atomic mass is 9.69. The monoisotopic (exact) mass is 252 g/mol. The zero-order valence-electron chi connectivity index (χ0n) is 13.1. The summed E-state index contributed by atoms with van der Waals surface area (Å²) in [5, 5.41) is 0. The molecule has 1 heteroatoms. The van der Waals surface area contributed by atoms with E-state index in [4.69, 9.17) is 0 Å². The first-order valence-electron chi connectivity index (χ1n) is 7.83. The maximum absolute atomic E-state index is 12.1. The Balaban J connectivity index is 2.28. The second-order valence-electron chi connectivity index (χ2n) is 7.67. The fourth-order valence-corrected chi connectivity index (χ4v) is 3.17. The third kappa shape index (κ3) is 5.12. The van der Waals surface area contributed by atoms with Gasteiger partial charge >= 0.3 is 0 Å². The van der Waals surface area contributed by atoms with E-state index in [0.717, 1.165) is 37.5 Å². The summed E-state index contributed by atoms with van der Waals surface area (Å²) in [5.74, 6) is 2.48. The molecule has 0 radical (unpaired) electrons. The van der Waals surface area contributed by atoms with Gasteiger partial charge in [-0.2, -0.15) is 0 Å². The Bertz CT molecular complexity index is 251. The number of Topliss-reactive ketones (excluding diaryl/α,β-unsaturated/α-hetero) is 1. The Hall–Kier alpha value is -0.330. The molecule has 0 bridgehead atoms. The highest BCUT2D eigenvalue weighted by Gasteiger charge is 2.31. The number of hydrogen-bond donors (Lipinski definition) is 0. The Morgan fingerprint density at radius 1 is 1.11 bits per heavy atom. The molecule has 1 saturated carbocycles. The number of rotatable bonds is 5. The van der Waals surface area contributed by atoms with Gasteiger partial charge in [0.25, 0.3) is 0 Å². The van der Waals surface area contributed by atoms with Gasteiger partial charge in [0.15, 0.2) is 0 Å². The summed E-state index contributed by atoms with van der Waals surface area (Å²) in [7, 11) is 0. The van der Waals surface area contributed by atoms with Gasteiger partial charge in [-0.1, -0.05) is 41.0 Å². The predicted octanol–water partition coefficient (Wildman–Crippen LogP) is 5.23. The minimum atomic E-state index is 0.385. The molecule has 0 N–H and O–H groups in total. The Morgan fingerprint density at radius 2 is 1.67 bits per heavy atom. The topological polar surface area (TPSA) is 17.1 Å². The molecule has 1 fully saturated rings. The lowest BCUT2D eigenvalue weighted by molar-refractivity contribution is -0.124.